The van der Waals surface area contributed by atoms with Crippen molar-refractivity contribution in [2.45, 2.75) is 0 Å². The maximum Gasteiger partial charge on any atom is 0.143 e. The summed E-state index contributed by atoms with van der Waals surface area (Å²) in [6.45, 7) is 0. The van der Waals surface area contributed by atoms with Crippen molar-refractivity contribution in [2.75, 3.05) is 4.90 Å². The number of nitrogens with zero attached hydrogens (tertiary/aromatic N) is 1. The predicted octanol–water partition coefficient (Wildman–Crippen LogP) is 15.1. The van der Waals surface area contributed by atoms with E-state index >= 15 is 0 Å². The summed E-state index contributed by atoms with van der Waals surface area (Å²) < 4.78 is 9.29. The van der Waals surface area contributed by atoms with E-state index in [1.165, 1.54) is 58.6 Å². The molecule has 9 aromatic carbocycles. The summed E-state index contributed by atoms with van der Waals surface area (Å²) in [6.07, 6.45) is 0. The van der Waals surface area contributed by atoms with Crippen LogP contribution in [0.3, 0.4) is 0 Å². The number of furan rings is 1. The van der Waals surface area contributed by atoms with E-state index in [4.69, 9.17) is 4.42 Å². The van der Waals surface area contributed by atoms with Crippen LogP contribution < -0.4 is 4.90 Å². The standard InChI is InChI=1S/C50H31NOS/c1-2-13-32(14-3-1)37-22-9-16-34-17-10-23-38(47(34)37)35-18-8-19-36(31-35)51(43-25-12-28-46-49(43)40-21-6-7-27-45(40)53-46)42-24-11-26-44-48(42)41-30-29-33-15-4-5-20-39(33)50(41)52-44/h1-31H. The summed E-state index contributed by atoms with van der Waals surface area (Å²) >= 11 is 1.85. The van der Waals surface area contributed by atoms with Crippen molar-refractivity contribution in [1.82, 2.24) is 0 Å². The molecular weight excluding hydrogens is 663 g/mol. The first-order chi connectivity index (χ1) is 26.3. The molecule has 11 aromatic rings. The molecule has 0 aliphatic heterocycles. The second-order valence-electron chi connectivity index (χ2n) is 13.6. The van der Waals surface area contributed by atoms with E-state index in [0.717, 1.165) is 44.4 Å². The molecule has 0 fully saturated rings. The fraction of sp³-hybridized carbons (Fsp3) is 0. The monoisotopic (exact) mass is 693 g/mol. The zero-order valence-electron chi connectivity index (χ0n) is 28.7. The van der Waals surface area contributed by atoms with Crippen LogP contribution in [-0.4, -0.2) is 0 Å². The third-order valence-corrected chi connectivity index (χ3v) is 11.8. The van der Waals surface area contributed by atoms with Crippen LogP contribution in [0.15, 0.2) is 192 Å². The Morgan fingerprint density at radius 3 is 1.91 bits per heavy atom. The molecule has 0 atom stereocenters. The van der Waals surface area contributed by atoms with Crippen LogP contribution in [-0.2, 0) is 0 Å². The highest BCUT2D eigenvalue weighted by atomic mass is 32.1. The molecule has 0 saturated heterocycles. The molecule has 248 valence electrons. The quantitative estimate of drug-likeness (QED) is 0.178. The lowest BCUT2D eigenvalue weighted by Crippen LogP contribution is -2.11. The molecule has 0 amide bonds. The van der Waals surface area contributed by atoms with Gasteiger partial charge in [-0.15, -0.1) is 11.3 Å². The largest absolute Gasteiger partial charge is 0.455 e. The fourth-order valence-electron chi connectivity index (χ4n) is 8.32. The molecule has 0 radical (unpaired) electrons. The van der Waals surface area contributed by atoms with E-state index in [9.17, 15) is 0 Å². The summed E-state index contributed by atoms with van der Waals surface area (Å²) in [5.74, 6) is 0. The number of anilines is 3. The van der Waals surface area contributed by atoms with E-state index in [0.29, 0.717) is 0 Å². The van der Waals surface area contributed by atoms with E-state index in [1.807, 2.05) is 11.3 Å². The topological polar surface area (TPSA) is 16.4 Å². The first-order valence-electron chi connectivity index (χ1n) is 18.0. The van der Waals surface area contributed by atoms with Crippen molar-refractivity contribution in [1.29, 1.82) is 0 Å². The fourth-order valence-corrected chi connectivity index (χ4v) is 9.45. The number of hydrogen-bond acceptors (Lipinski definition) is 3. The molecule has 2 heterocycles. The Morgan fingerprint density at radius 1 is 0.396 bits per heavy atom. The van der Waals surface area contributed by atoms with E-state index in [1.54, 1.807) is 0 Å². The van der Waals surface area contributed by atoms with Crippen molar-refractivity contribution < 1.29 is 4.42 Å². The molecule has 0 saturated carbocycles. The van der Waals surface area contributed by atoms with Gasteiger partial charge in [-0.25, -0.2) is 0 Å². The van der Waals surface area contributed by atoms with Gasteiger partial charge in [0.25, 0.3) is 0 Å². The van der Waals surface area contributed by atoms with Crippen LogP contribution in [0.4, 0.5) is 17.1 Å². The smallest absolute Gasteiger partial charge is 0.143 e. The van der Waals surface area contributed by atoms with Gasteiger partial charge in [-0.3, -0.25) is 0 Å². The van der Waals surface area contributed by atoms with Crippen LogP contribution in [0.25, 0.3) is 85.9 Å². The molecule has 0 aliphatic carbocycles. The zero-order valence-corrected chi connectivity index (χ0v) is 29.5. The van der Waals surface area contributed by atoms with Crippen molar-refractivity contribution in [2.24, 2.45) is 0 Å². The first kappa shape index (κ1) is 30.0. The Balaban J connectivity index is 1.21. The van der Waals surface area contributed by atoms with Gasteiger partial charge in [-0.05, 0) is 86.9 Å². The average Bonchev–Trinajstić information content (AvgIpc) is 3.81. The van der Waals surface area contributed by atoms with E-state index in [2.05, 4.69) is 193 Å². The maximum absolute atomic E-state index is 6.74. The van der Waals surface area contributed by atoms with Crippen LogP contribution >= 0.6 is 11.3 Å². The molecule has 2 aromatic heterocycles. The predicted molar refractivity (Wildman–Crippen MR) is 227 cm³/mol. The molecule has 0 unspecified atom stereocenters. The highest BCUT2D eigenvalue weighted by molar-refractivity contribution is 7.26. The van der Waals surface area contributed by atoms with Crippen molar-refractivity contribution in [3.8, 4) is 22.3 Å². The average molecular weight is 694 g/mol. The molecule has 0 aliphatic rings. The molecule has 11 rings (SSSR count). The normalized spacial score (nSPS) is 11.8. The van der Waals surface area contributed by atoms with Crippen LogP contribution in [0.2, 0.25) is 0 Å². The van der Waals surface area contributed by atoms with Gasteiger partial charge in [-0.2, -0.15) is 0 Å². The highest BCUT2D eigenvalue weighted by Gasteiger charge is 2.23. The first-order valence-corrected chi connectivity index (χ1v) is 18.8. The van der Waals surface area contributed by atoms with E-state index < -0.39 is 0 Å². The highest BCUT2D eigenvalue weighted by Crippen LogP contribution is 2.49. The van der Waals surface area contributed by atoms with Crippen LogP contribution in [0, 0.1) is 0 Å². The van der Waals surface area contributed by atoms with Crippen molar-refractivity contribution in [3.63, 3.8) is 0 Å². The van der Waals surface area contributed by atoms with Gasteiger partial charge in [0.2, 0.25) is 0 Å². The molecule has 0 bridgehead atoms. The Bertz CT molecular complexity index is 3180. The Kier molecular flexibility index (Phi) is 6.76. The molecular formula is C50H31NOS. The van der Waals surface area contributed by atoms with Crippen molar-refractivity contribution >= 4 is 92.1 Å². The lowest BCUT2D eigenvalue weighted by molar-refractivity contribution is 0.672. The second kappa shape index (κ2) is 11.9. The summed E-state index contributed by atoms with van der Waals surface area (Å²) in [4.78, 5) is 2.46. The molecule has 3 heteroatoms. The Morgan fingerprint density at radius 2 is 1.04 bits per heavy atom. The minimum absolute atomic E-state index is 0.874. The number of hydrogen-bond donors (Lipinski definition) is 0. The number of rotatable bonds is 5. The summed E-state index contributed by atoms with van der Waals surface area (Å²) in [5.41, 5.74) is 9.92. The van der Waals surface area contributed by atoms with Gasteiger partial charge in [0.1, 0.15) is 11.2 Å². The molecule has 0 spiro atoms. The van der Waals surface area contributed by atoms with Crippen molar-refractivity contribution in [3.05, 3.63) is 188 Å². The summed E-state index contributed by atoms with van der Waals surface area (Å²) in [6, 6.07) is 68.0. The Hall–Kier alpha value is -6.68. The van der Waals surface area contributed by atoms with Gasteiger partial charge in [0.15, 0.2) is 0 Å². The second-order valence-corrected chi connectivity index (χ2v) is 14.7. The van der Waals surface area contributed by atoms with Crippen LogP contribution in [0.5, 0.6) is 0 Å². The van der Waals surface area contributed by atoms with Gasteiger partial charge >= 0.3 is 0 Å². The van der Waals surface area contributed by atoms with Gasteiger partial charge in [0, 0.05) is 36.6 Å². The molecule has 0 N–H and O–H groups in total. The van der Waals surface area contributed by atoms with Crippen LogP contribution in [0.1, 0.15) is 0 Å². The molecule has 2 nitrogen and oxygen atoms in total. The lowest BCUT2D eigenvalue weighted by atomic mass is 9.91. The number of thiophene rings is 1. The third kappa shape index (κ3) is 4.71. The third-order valence-electron chi connectivity index (χ3n) is 10.6. The maximum atomic E-state index is 6.74. The Labute approximate surface area is 310 Å². The minimum Gasteiger partial charge on any atom is -0.455 e. The van der Waals surface area contributed by atoms with E-state index in [-0.39, 0.29) is 0 Å². The minimum atomic E-state index is 0.874. The summed E-state index contributed by atoms with van der Waals surface area (Å²) in [7, 11) is 0. The van der Waals surface area contributed by atoms with Gasteiger partial charge < -0.3 is 9.32 Å². The number of benzene rings is 9. The molecule has 53 heavy (non-hydrogen) atoms. The van der Waals surface area contributed by atoms with Gasteiger partial charge in [-0.1, -0.05) is 140 Å². The summed E-state index contributed by atoms with van der Waals surface area (Å²) in [5, 5.41) is 9.51. The van der Waals surface area contributed by atoms with Gasteiger partial charge in [0.05, 0.1) is 16.8 Å². The SMILES string of the molecule is c1ccc(-c2cccc3cccc(-c4cccc(N(c5cccc6oc7c8ccccc8ccc7c56)c5cccc6sc7ccccc7c56)c4)c23)cc1. The number of fused-ring (bicyclic) bond motifs is 9. The lowest BCUT2D eigenvalue weighted by Gasteiger charge is -2.28. The zero-order chi connectivity index (χ0) is 34.9.